The van der Waals surface area contributed by atoms with Crippen LogP contribution in [0.5, 0.6) is 0 Å². The van der Waals surface area contributed by atoms with E-state index in [0.29, 0.717) is 12.3 Å². The highest BCUT2D eigenvalue weighted by Gasteiger charge is 2.24. The second kappa shape index (κ2) is 6.54. The van der Waals surface area contributed by atoms with Crippen molar-refractivity contribution in [3.05, 3.63) is 42.5 Å². The molecule has 0 aliphatic heterocycles. The highest BCUT2D eigenvalue weighted by atomic mass is 32.2. The van der Waals surface area contributed by atoms with Crippen LogP contribution in [-0.2, 0) is 10.0 Å². The average Bonchev–Trinajstić information content (AvgIpc) is 2.46. The molecule has 0 saturated heterocycles. The highest BCUT2D eigenvalue weighted by Crippen LogP contribution is 2.22. The number of rotatable bonds is 6. The molecule has 0 atom stereocenters. The topological polar surface area (TPSA) is 37.4 Å². The molecule has 0 heterocycles. The Balaban J connectivity index is 2.20. The van der Waals surface area contributed by atoms with Gasteiger partial charge in [-0.05, 0) is 46.2 Å². The summed E-state index contributed by atoms with van der Waals surface area (Å²) in [7, 11) is -4.06. The van der Waals surface area contributed by atoms with Gasteiger partial charge in [-0.25, -0.2) is 8.42 Å². The van der Waals surface area contributed by atoms with Gasteiger partial charge < -0.3 is 0 Å². The molecule has 0 fully saturated rings. The van der Waals surface area contributed by atoms with Crippen molar-refractivity contribution < 1.29 is 12.9 Å². The van der Waals surface area contributed by atoms with Gasteiger partial charge in [0.15, 0.2) is 0 Å². The van der Waals surface area contributed by atoms with Gasteiger partial charge in [0.1, 0.15) is 0 Å². The summed E-state index contributed by atoms with van der Waals surface area (Å²) in [5.74, 6) is 0.432. The minimum Gasteiger partial charge on any atom is -0.205 e. The van der Waals surface area contributed by atoms with Crippen LogP contribution in [0.25, 0.3) is 10.8 Å². The normalized spacial score (nSPS) is 12.4. The van der Waals surface area contributed by atoms with Gasteiger partial charge in [0.2, 0.25) is 0 Å². The fourth-order valence-corrected chi connectivity index (χ4v) is 3.30. The zero-order valence-corrected chi connectivity index (χ0v) is 13.1. The van der Waals surface area contributed by atoms with E-state index in [-0.39, 0.29) is 16.0 Å². The molecule has 2 aromatic carbocycles. The third-order valence-electron chi connectivity index (χ3n) is 3.39. The van der Waals surface area contributed by atoms with E-state index < -0.39 is 10.0 Å². The Morgan fingerprint density at radius 3 is 2.43 bits per heavy atom. The Labute approximate surface area is 125 Å². The molecule has 5 heteroatoms. The second-order valence-electron chi connectivity index (χ2n) is 5.56. The lowest BCUT2D eigenvalue weighted by molar-refractivity contribution is 0.134. The van der Waals surface area contributed by atoms with Crippen LogP contribution in [-0.4, -0.2) is 19.5 Å². The number of hydrogen-bond donors (Lipinski definition) is 0. The minimum absolute atomic E-state index is 0.00625. The summed E-state index contributed by atoms with van der Waals surface area (Å²) in [6.45, 7) is 3.95. The van der Waals surface area contributed by atoms with Crippen LogP contribution in [0.2, 0.25) is 0 Å². The molecule has 0 unspecified atom stereocenters. The molecule has 0 aliphatic rings. The summed E-state index contributed by atoms with van der Waals surface area (Å²) in [5.41, 5.74) is 0. The number of benzene rings is 2. The molecule has 0 saturated carbocycles. The quantitative estimate of drug-likeness (QED) is 0.752. The molecule has 114 valence electrons. The summed E-state index contributed by atoms with van der Waals surface area (Å²) in [5, 5.41) is 1.72. The molecule has 21 heavy (non-hydrogen) atoms. The Kier molecular flexibility index (Phi) is 4.96. The molecule has 3 nitrogen and oxygen atoms in total. The van der Waals surface area contributed by atoms with E-state index in [1.165, 1.54) is 12.1 Å². The monoisotopic (exact) mass is 309 g/mol. The zero-order chi connectivity index (χ0) is 15.5. The molecule has 0 aliphatic carbocycles. The van der Waals surface area contributed by atoms with Gasteiger partial charge in [0.25, 0.3) is 10.0 Å². The van der Waals surface area contributed by atoms with E-state index in [2.05, 4.69) is 0 Å². The molecular formula is C16H20FNO2S. The van der Waals surface area contributed by atoms with E-state index >= 15 is 0 Å². The Hall–Kier alpha value is -1.46. The molecule has 0 spiro atoms. The Morgan fingerprint density at radius 2 is 1.76 bits per heavy atom. The molecule has 0 amide bonds. The van der Waals surface area contributed by atoms with Crippen LogP contribution in [0.15, 0.2) is 47.4 Å². The summed E-state index contributed by atoms with van der Waals surface area (Å²) in [6.07, 6.45) is 1.31. The van der Waals surface area contributed by atoms with Crippen molar-refractivity contribution in [1.82, 2.24) is 4.53 Å². The summed E-state index contributed by atoms with van der Waals surface area (Å²) in [6, 6.07) is 12.1. The van der Waals surface area contributed by atoms with Gasteiger partial charge >= 0.3 is 0 Å². The van der Waals surface area contributed by atoms with E-state index in [1.54, 1.807) is 6.07 Å². The number of nitrogens with zero attached hydrogens (tertiary/aromatic N) is 1. The maximum atomic E-state index is 14.0. The van der Waals surface area contributed by atoms with Gasteiger partial charge in [-0.1, -0.05) is 44.2 Å². The number of halogens is 1. The first-order valence-corrected chi connectivity index (χ1v) is 8.52. The van der Waals surface area contributed by atoms with Crippen molar-refractivity contribution >= 4 is 20.8 Å². The van der Waals surface area contributed by atoms with Crippen LogP contribution < -0.4 is 0 Å². The van der Waals surface area contributed by atoms with Crippen molar-refractivity contribution in [1.29, 1.82) is 0 Å². The third kappa shape index (κ3) is 3.80. The van der Waals surface area contributed by atoms with E-state index in [9.17, 15) is 12.9 Å². The molecule has 0 radical (unpaired) electrons. The maximum absolute atomic E-state index is 14.0. The highest BCUT2D eigenvalue weighted by molar-refractivity contribution is 7.89. The lowest BCUT2D eigenvalue weighted by Gasteiger charge is -2.13. The third-order valence-corrected chi connectivity index (χ3v) is 4.95. The molecular weight excluding hydrogens is 289 g/mol. The van der Waals surface area contributed by atoms with Gasteiger partial charge in [0.05, 0.1) is 4.90 Å². The van der Waals surface area contributed by atoms with Crippen LogP contribution in [0.1, 0.15) is 26.7 Å². The van der Waals surface area contributed by atoms with E-state index in [1.807, 2.05) is 38.1 Å². The first-order valence-electron chi connectivity index (χ1n) is 7.08. The molecule has 0 N–H and O–H groups in total. The number of fused-ring (bicyclic) bond motifs is 1. The van der Waals surface area contributed by atoms with E-state index in [4.69, 9.17) is 0 Å². The molecule has 2 rings (SSSR count). The van der Waals surface area contributed by atoms with Crippen molar-refractivity contribution in [3.8, 4) is 0 Å². The first kappa shape index (κ1) is 15.9. The van der Waals surface area contributed by atoms with Crippen LogP contribution in [0.4, 0.5) is 4.48 Å². The zero-order valence-electron chi connectivity index (χ0n) is 12.3. The SMILES string of the molecule is CC(C)CCCN(F)S(=O)(=O)c1ccc2ccccc2c1. The maximum Gasteiger partial charge on any atom is 0.269 e. The van der Waals surface area contributed by atoms with E-state index in [0.717, 1.165) is 17.2 Å². The Morgan fingerprint density at radius 1 is 1.10 bits per heavy atom. The summed E-state index contributed by atoms with van der Waals surface area (Å²) >= 11 is 0. The number of hydrogen-bond acceptors (Lipinski definition) is 2. The largest absolute Gasteiger partial charge is 0.269 e. The smallest absolute Gasteiger partial charge is 0.205 e. The van der Waals surface area contributed by atoms with Crippen LogP contribution in [0.3, 0.4) is 0 Å². The van der Waals surface area contributed by atoms with Crippen LogP contribution >= 0.6 is 0 Å². The van der Waals surface area contributed by atoms with Crippen molar-refractivity contribution in [2.75, 3.05) is 6.54 Å². The fourth-order valence-electron chi connectivity index (χ4n) is 2.19. The average molecular weight is 309 g/mol. The van der Waals surface area contributed by atoms with Gasteiger partial charge in [-0.15, -0.1) is 4.48 Å². The van der Waals surface area contributed by atoms with Crippen molar-refractivity contribution in [2.45, 2.75) is 31.6 Å². The molecule has 0 aromatic heterocycles. The molecule has 2 aromatic rings. The predicted octanol–water partition coefficient (Wildman–Crippen LogP) is 4.15. The van der Waals surface area contributed by atoms with Gasteiger partial charge in [0, 0.05) is 6.54 Å². The summed E-state index contributed by atoms with van der Waals surface area (Å²) < 4.78 is 38.3. The number of sulfonamides is 1. The second-order valence-corrected chi connectivity index (χ2v) is 7.38. The van der Waals surface area contributed by atoms with Gasteiger partial charge in [-0.2, -0.15) is 0 Å². The minimum atomic E-state index is -4.06. The standard InChI is InChI=1S/C16H20FNO2S/c1-13(2)6-5-11-18(17)21(19,20)16-10-9-14-7-3-4-8-15(14)12-16/h3-4,7-10,12-13H,5-6,11H2,1-2H3. The lowest BCUT2D eigenvalue weighted by atomic mass is 10.1. The molecule has 0 bridgehead atoms. The van der Waals surface area contributed by atoms with Crippen molar-refractivity contribution in [2.24, 2.45) is 5.92 Å². The first-order chi connectivity index (χ1) is 9.91. The summed E-state index contributed by atoms with van der Waals surface area (Å²) in [4.78, 5) is -0.00625. The predicted molar refractivity (Wildman–Crippen MR) is 83.0 cm³/mol. The fraction of sp³-hybridized carbons (Fsp3) is 0.375. The van der Waals surface area contributed by atoms with Crippen LogP contribution in [0, 0.1) is 5.92 Å². The van der Waals surface area contributed by atoms with Gasteiger partial charge in [-0.3, -0.25) is 0 Å². The Bertz CT molecular complexity index is 713. The van der Waals surface area contributed by atoms with Crippen molar-refractivity contribution in [3.63, 3.8) is 0 Å². The lowest BCUT2D eigenvalue weighted by Crippen LogP contribution is -2.24.